The van der Waals surface area contributed by atoms with Crippen molar-refractivity contribution < 1.29 is 9.53 Å². The number of hydrogen-bond acceptors (Lipinski definition) is 2. The Hall–Kier alpha value is -0.630. The molecule has 0 aromatic carbocycles. The van der Waals surface area contributed by atoms with Crippen LogP contribution in [-0.2, 0) is 9.53 Å². The van der Waals surface area contributed by atoms with Crippen LogP contribution in [0.5, 0.6) is 0 Å². The predicted molar refractivity (Wildman–Crippen MR) is 66.6 cm³/mol. The molecule has 0 aliphatic heterocycles. The number of hydrogen-bond donors (Lipinski definition) is 0. The minimum Gasteiger partial charge on any atom is -0.384 e. The van der Waals surface area contributed by atoms with E-state index in [-0.39, 0.29) is 5.41 Å². The van der Waals surface area contributed by atoms with Gasteiger partial charge in [0.25, 0.3) is 0 Å². The van der Waals surface area contributed by atoms with E-state index in [1.54, 1.807) is 7.11 Å². The van der Waals surface area contributed by atoms with Crippen molar-refractivity contribution in [2.45, 2.75) is 39.5 Å². The zero-order chi connectivity index (χ0) is 12.3. The zero-order valence-electron chi connectivity index (χ0n) is 11.1. The number of ether oxygens (including phenoxy) is 1. The number of rotatable bonds is 2. The van der Waals surface area contributed by atoms with Crippen molar-refractivity contribution in [3.8, 4) is 0 Å². The van der Waals surface area contributed by atoms with Crippen molar-refractivity contribution in [1.29, 1.82) is 0 Å². The van der Waals surface area contributed by atoms with Gasteiger partial charge in [-0.2, -0.15) is 0 Å². The molecule has 3 rings (SSSR count). The summed E-state index contributed by atoms with van der Waals surface area (Å²) in [5.41, 5.74) is 2.01. The summed E-state index contributed by atoms with van der Waals surface area (Å²) in [6.45, 7) is 5.56. The summed E-state index contributed by atoms with van der Waals surface area (Å²) in [5, 5.41) is 0. The second kappa shape index (κ2) is 3.44. The Morgan fingerprint density at radius 2 is 2.18 bits per heavy atom. The van der Waals surface area contributed by atoms with Gasteiger partial charge in [0.05, 0.1) is 0 Å². The maximum Gasteiger partial charge on any atom is 0.156 e. The van der Waals surface area contributed by atoms with Crippen LogP contribution < -0.4 is 0 Å². The Balaban J connectivity index is 2.04. The summed E-state index contributed by atoms with van der Waals surface area (Å²) in [7, 11) is 1.78. The average Bonchev–Trinajstić information content (AvgIpc) is 2.59. The predicted octanol–water partition coefficient (Wildman–Crippen LogP) is 2.97. The molecular formula is C15H22O2. The summed E-state index contributed by atoms with van der Waals surface area (Å²) in [6, 6.07) is 0. The molecule has 0 radical (unpaired) electrons. The first-order chi connectivity index (χ1) is 7.99. The molecule has 2 saturated carbocycles. The van der Waals surface area contributed by atoms with Crippen LogP contribution >= 0.6 is 0 Å². The van der Waals surface area contributed by atoms with Crippen LogP contribution in [0.4, 0.5) is 0 Å². The van der Waals surface area contributed by atoms with E-state index in [0.717, 1.165) is 13.0 Å². The molecule has 3 aliphatic carbocycles. The lowest BCUT2D eigenvalue weighted by molar-refractivity contribution is -0.116. The third-order valence-corrected chi connectivity index (χ3v) is 5.42. The van der Waals surface area contributed by atoms with Gasteiger partial charge >= 0.3 is 0 Å². The molecule has 0 heterocycles. The molecule has 0 amide bonds. The van der Waals surface area contributed by atoms with Crippen molar-refractivity contribution in [3.05, 3.63) is 11.6 Å². The summed E-state index contributed by atoms with van der Waals surface area (Å²) < 4.78 is 5.40. The highest BCUT2D eigenvalue weighted by Crippen LogP contribution is 2.68. The number of methoxy groups -OCH3 is 1. The quantitative estimate of drug-likeness (QED) is 0.734. The van der Waals surface area contributed by atoms with Crippen LogP contribution in [0.15, 0.2) is 11.6 Å². The van der Waals surface area contributed by atoms with E-state index >= 15 is 0 Å². The molecule has 2 nitrogen and oxygen atoms in total. The van der Waals surface area contributed by atoms with Gasteiger partial charge in [-0.25, -0.2) is 0 Å². The minimum atomic E-state index is 0.166. The normalized spacial score (nSPS) is 42.5. The number of carbonyl (C=O) groups is 1. The monoisotopic (exact) mass is 234 g/mol. The van der Waals surface area contributed by atoms with Crippen molar-refractivity contribution in [2.24, 2.45) is 22.7 Å². The largest absolute Gasteiger partial charge is 0.384 e. The van der Waals surface area contributed by atoms with Gasteiger partial charge in [-0.1, -0.05) is 19.4 Å². The third-order valence-electron chi connectivity index (χ3n) is 5.42. The molecular weight excluding hydrogens is 212 g/mol. The Labute approximate surface area is 103 Å². The molecule has 1 unspecified atom stereocenters. The van der Waals surface area contributed by atoms with Crippen LogP contribution in [0.2, 0.25) is 0 Å². The van der Waals surface area contributed by atoms with Crippen LogP contribution in [0, 0.1) is 22.7 Å². The van der Waals surface area contributed by atoms with E-state index in [1.807, 2.05) is 6.08 Å². The smallest absolute Gasteiger partial charge is 0.156 e. The second-order valence-corrected chi connectivity index (χ2v) is 6.85. The van der Waals surface area contributed by atoms with Crippen LogP contribution in [-0.4, -0.2) is 19.5 Å². The van der Waals surface area contributed by atoms with Crippen LogP contribution in [0.3, 0.4) is 0 Å². The molecule has 94 valence electrons. The third kappa shape index (κ3) is 1.40. The Morgan fingerprint density at radius 1 is 1.41 bits per heavy atom. The molecule has 2 bridgehead atoms. The summed E-state index contributed by atoms with van der Waals surface area (Å²) in [6.07, 6.45) is 6.36. The van der Waals surface area contributed by atoms with Gasteiger partial charge < -0.3 is 4.74 Å². The summed E-state index contributed by atoms with van der Waals surface area (Å²) >= 11 is 0. The van der Waals surface area contributed by atoms with E-state index in [1.165, 1.54) is 24.8 Å². The van der Waals surface area contributed by atoms with Crippen molar-refractivity contribution in [3.63, 3.8) is 0 Å². The SMILES string of the molecule is COC[C@H]1CCC2C3=CC(=O)C[C@]31CC2(C)C. The minimum absolute atomic E-state index is 0.166. The average molecular weight is 234 g/mol. The Kier molecular flexibility index (Phi) is 2.32. The molecule has 2 heteroatoms. The van der Waals surface area contributed by atoms with Crippen molar-refractivity contribution >= 4 is 5.78 Å². The van der Waals surface area contributed by atoms with Gasteiger partial charge in [-0.3, -0.25) is 4.79 Å². The van der Waals surface area contributed by atoms with Gasteiger partial charge in [0.1, 0.15) is 0 Å². The lowest BCUT2D eigenvalue weighted by Crippen LogP contribution is -2.34. The first-order valence-electron chi connectivity index (χ1n) is 6.73. The van der Waals surface area contributed by atoms with E-state index in [4.69, 9.17) is 4.74 Å². The fraction of sp³-hybridized carbons (Fsp3) is 0.800. The van der Waals surface area contributed by atoms with Crippen molar-refractivity contribution in [1.82, 2.24) is 0 Å². The molecule has 0 spiro atoms. The fourth-order valence-corrected chi connectivity index (χ4v) is 4.91. The van der Waals surface area contributed by atoms with Crippen molar-refractivity contribution in [2.75, 3.05) is 13.7 Å². The van der Waals surface area contributed by atoms with E-state index < -0.39 is 0 Å². The highest BCUT2D eigenvalue weighted by molar-refractivity contribution is 5.95. The van der Waals surface area contributed by atoms with Crippen LogP contribution in [0.1, 0.15) is 39.5 Å². The Morgan fingerprint density at radius 3 is 2.88 bits per heavy atom. The Bertz CT molecular complexity index is 394. The first kappa shape index (κ1) is 11.5. The molecule has 0 aromatic heterocycles. The standard InChI is InChI=1S/C15H22O2/c1-14(2)9-15-7-11(16)6-13(15)12(14)5-4-10(15)8-17-3/h6,10,12H,4-5,7-9H2,1-3H3/t10-,12?,15-/m1/s1. The van der Waals surface area contributed by atoms with E-state index in [0.29, 0.717) is 23.0 Å². The number of allylic oxidation sites excluding steroid dienone is 2. The number of carbonyl (C=O) groups excluding carboxylic acids is 1. The highest BCUT2D eigenvalue weighted by atomic mass is 16.5. The molecule has 3 atom stereocenters. The second-order valence-electron chi connectivity index (χ2n) is 6.85. The summed E-state index contributed by atoms with van der Waals surface area (Å²) in [5.74, 6) is 1.55. The first-order valence-corrected chi connectivity index (χ1v) is 6.73. The molecule has 2 fully saturated rings. The summed E-state index contributed by atoms with van der Waals surface area (Å²) in [4.78, 5) is 11.8. The molecule has 3 aliphatic rings. The van der Waals surface area contributed by atoms with Gasteiger partial charge in [-0.05, 0) is 42.6 Å². The maximum absolute atomic E-state index is 11.8. The fourth-order valence-electron chi connectivity index (χ4n) is 4.91. The topological polar surface area (TPSA) is 26.3 Å². The molecule has 0 aromatic rings. The highest BCUT2D eigenvalue weighted by Gasteiger charge is 2.61. The molecule has 0 N–H and O–H groups in total. The lowest BCUT2D eigenvalue weighted by Gasteiger charge is -2.39. The number of ketones is 1. The lowest BCUT2D eigenvalue weighted by atomic mass is 9.65. The van der Waals surface area contributed by atoms with Gasteiger partial charge in [0.15, 0.2) is 5.78 Å². The van der Waals surface area contributed by atoms with Gasteiger partial charge in [-0.15, -0.1) is 0 Å². The molecule has 0 saturated heterocycles. The van der Waals surface area contributed by atoms with Crippen LogP contribution in [0.25, 0.3) is 0 Å². The van der Waals surface area contributed by atoms with Gasteiger partial charge in [0.2, 0.25) is 0 Å². The maximum atomic E-state index is 11.8. The zero-order valence-corrected chi connectivity index (χ0v) is 11.1. The van der Waals surface area contributed by atoms with E-state index in [9.17, 15) is 4.79 Å². The van der Waals surface area contributed by atoms with E-state index in [2.05, 4.69) is 13.8 Å². The van der Waals surface area contributed by atoms with Gasteiger partial charge in [0, 0.05) is 25.6 Å². The molecule has 17 heavy (non-hydrogen) atoms.